The number of nitro benzene ring substituents is 1. The smallest absolute Gasteiger partial charge is 0.283 e. The molecule has 2 aromatic rings. The highest BCUT2D eigenvalue weighted by Crippen LogP contribution is 2.28. The van der Waals surface area contributed by atoms with Crippen molar-refractivity contribution in [1.82, 2.24) is 10.3 Å². The lowest BCUT2D eigenvalue weighted by atomic mass is 10.2. The molecule has 6 nitrogen and oxygen atoms in total. The van der Waals surface area contributed by atoms with Gasteiger partial charge in [-0.3, -0.25) is 10.1 Å². The molecule has 0 fully saturated rings. The van der Waals surface area contributed by atoms with E-state index in [0.717, 1.165) is 11.3 Å². The molecule has 2 rings (SSSR count). The first-order valence-corrected chi connectivity index (χ1v) is 6.41. The standard InChI is InChI=1S/C12H12BrN3O3/c1-8-5-15-11(19-8)7-14-6-9-3-2-4-10(12(9)13)16(17)18/h2-5,14H,6-7H2,1H3. The summed E-state index contributed by atoms with van der Waals surface area (Å²) in [7, 11) is 0. The third-order valence-corrected chi connectivity index (χ3v) is 3.43. The lowest BCUT2D eigenvalue weighted by molar-refractivity contribution is -0.385. The molecule has 7 heteroatoms. The lowest BCUT2D eigenvalue weighted by Gasteiger charge is -2.05. The van der Waals surface area contributed by atoms with Crippen LogP contribution in [-0.2, 0) is 13.1 Å². The molecular weight excluding hydrogens is 314 g/mol. The summed E-state index contributed by atoms with van der Waals surface area (Å²) in [6, 6.07) is 4.95. The molecule has 1 aromatic heterocycles. The van der Waals surface area contributed by atoms with Gasteiger partial charge in [0.1, 0.15) is 5.76 Å². The Morgan fingerprint density at radius 3 is 2.89 bits per heavy atom. The van der Waals surface area contributed by atoms with Crippen LogP contribution in [0.1, 0.15) is 17.2 Å². The summed E-state index contributed by atoms with van der Waals surface area (Å²) >= 11 is 3.25. The third-order valence-electron chi connectivity index (χ3n) is 2.52. The van der Waals surface area contributed by atoms with Crippen molar-refractivity contribution in [2.45, 2.75) is 20.0 Å². The third kappa shape index (κ3) is 3.39. The molecule has 0 saturated carbocycles. The van der Waals surface area contributed by atoms with Gasteiger partial charge in [-0.2, -0.15) is 0 Å². The molecule has 0 bridgehead atoms. The van der Waals surface area contributed by atoms with Gasteiger partial charge in [0, 0.05) is 12.6 Å². The Kier molecular flexibility index (Phi) is 4.28. The number of nitrogens with one attached hydrogen (secondary N) is 1. The van der Waals surface area contributed by atoms with E-state index in [4.69, 9.17) is 4.42 Å². The molecule has 1 heterocycles. The van der Waals surface area contributed by atoms with Crippen molar-refractivity contribution in [3.63, 3.8) is 0 Å². The quantitative estimate of drug-likeness (QED) is 0.675. The fraction of sp³-hybridized carbons (Fsp3) is 0.250. The normalized spacial score (nSPS) is 10.6. The number of rotatable bonds is 5. The number of hydrogen-bond donors (Lipinski definition) is 1. The molecule has 0 aliphatic carbocycles. The zero-order valence-corrected chi connectivity index (χ0v) is 11.8. The Morgan fingerprint density at radius 2 is 2.26 bits per heavy atom. The molecule has 0 amide bonds. The van der Waals surface area contributed by atoms with Crippen LogP contribution in [0.15, 0.2) is 33.3 Å². The largest absolute Gasteiger partial charge is 0.445 e. The lowest BCUT2D eigenvalue weighted by Crippen LogP contribution is -2.13. The van der Waals surface area contributed by atoms with Crippen molar-refractivity contribution < 1.29 is 9.34 Å². The molecule has 1 aromatic carbocycles. The number of halogens is 1. The van der Waals surface area contributed by atoms with Crippen molar-refractivity contribution in [2.24, 2.45) is 0 Å². The number of nitrogens with zero attached hydrogens (tertiary/aromatic N) is 2. The summed E-state index contributed by atoms with van der Waals surface area (Å²) in [6.07, 6.45) is 1.65. The van der Waals surface area contributed by atoms with E-state index in [2.05, 4.69) is 26.2 Å². The molecule has 0 unspecified atom stereocenters. The summed E-state index contributed by atoms with van der Waals surface area (Å²) in [4.78, 5) is 14.5. The van der Waals surface area contributed by atoms with E-state index in [1.807, 2.05) is 13.0 Å². The molecule has 1 N–H and O–H groups in total. The van der Waals surface area contributed by atoms with E-state index >= 15 is 0 Å². The molecule has 19 heavy (non-hydrogen) atoms. The summed E-state index contributed by atoms with van der Waals surface area (Å²) < 4.78 is 5.82. The number of aromatic nitrogens is 1. The van der Waals surface area contributed by atoms with E-state index in [0.29, 0.717) is 23.5 Å². The second-order valence-electron chi connectivity index (χ2n) is 3.98. The monoisotopic (exact) mass is 325 g/mol. The van der Waals surface area contributed by atoms with Crippen LogP contribution in [0, 0.1) is 17.0 Å². The summed E-state index contributed by atoms with van der Waals surface area (Å²) in [6.45, 7) is 2.79. The first-order valence-electron chi connectivity index (χ1n) is 5.61. The minimum Gasteiger partial charge on any atom is -0.445 e. The molecule has 0 radical (unpaired) electrons. The van der Waals surface area contributed by atoms with Gasteiger partial charge < -0.3 is 9.73 Å². The van der Waals surface area contributed by atoms with Gasteiger partial charge in [-0.1, -0.05) is 12.1 Å². The minimum atomic E-state index is -0.412. The first kappa shape index (κ1) is 13.7. The zero-order chi connectivity index (χ0) is 13.8. The maximum atomic E-state index is 10.8. The van der Waals surface area contributed by atoms with E-state index < -0.39 is 4.92 Å². The Labute approximate surface area is 118 Å². The predicted molar refractivity (Wildman–Crippen MR) is 72.6 cm³/mol. The van der Waals surface area contributed by atoms with Crippen LogP contribution < -0.4 is 5.32 Å². The molecule has 0 saturated heterocycles. The molecular formula is C12H12BrN3O3. The number of nitro groups is 1. The number of hydrogen-bond acceptors (Lipinski definition) is 5. The molecule has 100 valence electrons. The van der Waals surface area contributed by atoms with E-state index in [1.54, 1.807) is 12.3 Å². The van der Waals surface area contributed by atoms with Gasteiger partial charge in [-0.25, -0.2) is 4.98 Å². The van der Waals surface area contributed by atoms with E-state index in [-0.39, 0.29) is 5.69 Å². The van der Waals surface area contributed by atoms with Gasteiger partial charge in [-0.15, -0.1) is 0 Å². The minimum absolute atomic E-state index is 0.0614. The van der Waals surface area contributed by atoms with Crippen LogP contribution in [0.5, 0.6) is 0 Å². The van der Waals surface area contributed by atoms with Crippen molar-refractivity contribution in [3.8, 4) is 0 Å². The van der Waals surface area contributed by atoms with Crippen LogP contribution in [-0.4, -0.2) is 9.91 Å². The van der Waals surface area contributed by atoms with E-state index in [9.17, 15) is 10.1 Å². The van der Waals surface area contributed by atoms with Gasteiger partial charge in [0.25, 0.3) is 5.69 Å². The van der Waals surface area contributed by atoms with Crippen LogP contribution in [0.25, 0.3) is 0 Å². The Bertz CT molecular complexity index is 598. The van der Waals surface area contributed by atoms with Crippen molar-refractivity contribution >= 4 is 21.6 Å². The average molecular weight is 326 g/mol. The predicted octanol–water partition coefficient (Wildman–Crippen LogP) is 2.94. The van der Waals surface area contributed by atoms with Gasteiger partial charge >= 0.3 is 0 Å². The van der Waals surface area contributed by atoms with Crippen LogP contribution in [0.2, 0.25) is 0 Å². The Balaban J connectivity index is 2.00. The Hall–Kier alpha value is -1.73. The molecule has 0 aliphatic heterocycles. The highest BCUT2D eigenvalue weighted by Gasteiger charge is 2.14. The summed E-state index contributed by atoms with van der Waals surface area (Å²) in [5, 5.41) is 13.9. The number of benzene rings is 1. The summed E-state index contributed by atoms with van der Waals surface area (Å²) in [5.74, 6) is 1.35. The van der Waals surface area contributed by atoms with Crippen molar-refractivity contribution in [3.05, 3.63) is 56.2 Å². The summed E-state index contributed by atoms with van der Waals surface area (Å²) in [5.41, 5.74) is 0.878. The fourth-order valence-corrected chi connectivity index (χ4v) is 2.18. The van der Waals surface area contributed by atoms with Crippen LogP contribution in [0.4, 0.5) is 5.69 Å². The second-order valence-corrected chi connectivity index (χ2v) is 4.77. The maximum Gasteiger partial charge on any atom is 0.283 e. The van der Waals surface area contributed by atoms with Crippen molar-refractivity contribution in [1.29, 1.82) is 0 Å². The average Bonchev–Trinajstić information content (AvgIpc) is 2.77. The van der Waals surface area contributed by atoms with Crippen molar-refractivity contribution in [2.75, 3.05) is 0 Å². The molecule has 0 aliphatic rings. The first-order chi connectivity index (χ1) is 9.08. The van der Waals surface area contributed by atoms with Crippen LogP contribution in [0.3, 0.4) is 0 Å². The second kappa shape index (κ2) is 5.94. The molecule has 0 atom stereocenters. The van der Waals surface area contributed by atoms with Gasteiger partial charge in [0.2, 0.25) is 5.89 Å². The fourth-order valence-electron chi connectivity index (χ4n) is 1.63. The SMILES string of the molecule is Cc1cnc(CNCc2cccc([N+](=O)[O-])c2Br)o1. The number of aryl methyl sites for hydroxylation is 1. The Morgan fingerprint density at radius 1 is 1.47 bits per heavy atom. The maximum absolute atomic E-state index is 10.8. The van der Waals surface area contributed by atoms with Gasteiger partial charge in [0.15, 0.2) is 0 Å². The van der Waals surface area contributed by atoms with Gasteiger partial charge in [0.05, 0.1) is 22.1 Å². The molecule has 0 spiro atoms. The highest BCUT2D eigenvalue weighted by atomic mass is 79.9. The number of oxazole rings is 1. The van der Waals surface area contributed by atoms with Gasteiger partial charge in [-0.05, 0) is 28.4 Å². The van der Waals surface area contributed by atoms with E-state index in [1.165, 1.54) is 6.07 Å². The topological polar surface area (TPSA) is 81.2 Å². The highest BCUT2D eigenvalue weighted by molar-refractivity contribution is 9.10. The van der Waals surface area contributed by atoms with Crippen LogP contribution >= 0.6 is 15.9 Å². The zero-order valence-electron chi connectivity index (χ0n) is 10.2.